The first kappa shape index (κ1) is 30.1. The molecule has 0 spiro atoms. The van der Waals surface area contributed by atoms with Crippen molar-refractivity contribution in [3.63, 3.8) is 0 Å². The summed E-state index contributed by atoms with van der Waals surface area (Å²) < 4.78 is 8.55. The normalized spacial score (nSPS) is 6.56. The molecular weight excluding hydrogens is 172 g/mol. The van der Waals surface area contributed by atoms with Gasteiger partial charge in [0, 0.05) is 17.1 Å². The molecule has 0 aromatic rings. The summed E-state index contributed by atoms with van der Waals surface area (Å²) in [7, 11) is -5.39. The van der Waals surface area contributed by atoms with Crippen molar-refractivity contribution < 1.29 is 92.9 Å². The molecule has 0 unspecified atom stereocenters. The monoisotopic (exact) mass is 172 g/mol. The van der Waals surface area contributed by atoms with Gasteiger partial charge in [-0.15, -0.1) is 0 Å². The van der Waals surface area contributed by atoms with Crippen molar-refractivity contribution >= 4 is 7.82 Å². The Morgan fingerprint density at radius 3 is 0.889 bits per heavy atom. The van der Waals surface area contributed by atoms with Gasteiger partial charge in [-0.2, -0.15) is 7.82 Å². The van der Waals surface area contributed by atoms with Crippen LogP contribution < -0.4 is 71.3 Å². The van der Waals surface area contributed by atoms with Crippen LogP contribution in [-0.2, 0) is 21.6 Å². The molecule has 9 heavy (non-hydrogen) atoms. The zero-order chi connectivity index (χ0) is 4.50. The van der Waals surface area contributed by atoms with Gasteiger partial charge in [0.15, 0.2) is 0 Å². The molecule has 9 heteroatoms. The summed E-state index contributed by atoms with van der Waals surface area (Å²) in [5, 5.41) is 0. The van der Waals surface area contributed by atoms with Gasteiger partial charge in [-0.3, -0.25) is 0 Å². The van der Waals surface area contributed by atoms with Crippen LogP contribution in [0, 0.1) is 0 Å². The molecule has 40 valence electrons. The van der Waals surface area contributed by atoms with E-state index >= 15 is 0 Å². The summed E-state index contributed by atoms with van der Waals surface area (Å²) in [5.74, 6) is 0. The first-order valence-electron chi connectivity index (χ1n) is 0.730. The van der Waals surface area contributed by atoms with Crippen LogP contribution in [0.3, 0.4) is 0 Å². The number of hydrogen-bond donors (Lipinski definition) is 0. The number of hydrogen-bond acceptors (Lipinski definition) is 4. The van der Waals surface area contributed by atoms with Gasteiger partial charge in [0.2, 0.25) is 0 Å². The first-order valence-corrected chi connectivity index (χ1v) is 2.19. The van der Waals surface area contributed by atoms with Crippen molar-refractivity contribution in [1.82, 2.24) is 0 Å². The van der Waals surface area contributed by atoms with Crippen LogP contribution in [0.25, 0.3) is 0 Å². The maximum Gasteiger partial charge on any atom is 1.00 e. The number of phosphoric acid groups is 1. The van der Waals surface area contributed by atoms with Crippen LogP contribution in [0.1, 0.15) is 0 Å². The quantitative estimate of drug-likeness (QED) is 0.268. The predicted octanol–water partition coefficient (Wildman–Crippen LogP) is -11.8. The van der Waals surface area contributed by atoms with Gasteiger partial charge in [-0.05, 0) is 0 Å². The molecule has 0 aliphatic heterocycles. The van der Waals surface area contributed by atoms with E-state index in [1.165, 1.54) is 0 Å². The third-order valence-corrected chi connectivity index (χ3v) is 0. The molecule has 0 N–H and O–H groups in total. The fourth-order valence-corrected chi connectivity index (χ4v) is 0. The molecule has 0 aromatic carbocycles. The molecular formula is FeLi3O4P. The van der Waals surface area contributed by atoms with E-state index in [2.05, 4.69) is 0 Å². The Kier molecular flexibility index (Phi) is 43.6. The van der Waals surface area contributed by atoms with Crippen molar-refractivity contribution in [2.45, 2.75) is 0 Å². The zero-order valence-corrected chi connectivity index (χ0v) is 7.43. The van der Waals surface area contributed by atoms with Crippen molar-refractivity contribution in [2.24, 2.45) is 0 Å². The van der Waals surface area contributed by atoms with Crippen LogP contribution in [-0.4, -0.2) is 0 Å². The summed E-state index contributed by atoms with van der Waals surface area (Å²) in [6, 6.07) is 0. The van der Waals surface area contributed by atoms with E-state index < -0.39 is 7.82 Å². The van der Waals surface area contributed by atoms with Gasteiger partial charge in [-0.1, -0.05) is 0 Å². The number of rotatable bonds is 0. The third-order valence-electron chi connectivity index (χ3n) is 0. The van der Waals surface area contributed by atoms with Gasteiger partial charge in [0.1, 0.15) is 0 Å². The summed E-state index contributed by atoms with van der Waals surface area (Å²) in [6.07, 6.45) is 0. The molecule has 0 fully saturated rings. The average Bonchev–Trinajstić information content (AvgIpc) is 0.722. The van der Waals surface area contributed by atoms with E-state index in [4.69, 9.17) is 19.2 Å². The zero-order valence-electron chi connectivity index (χ0n) is 5.43. The van der Waals surface area contributed by atoms with Gasteiger partial charge >= 0.3 is 56.6 Å². The van der Waals surface area contributed by atoms with Crippen LogP contribution in [0.5, 0.6) is 0 Å². The second-order valence-electron chi connectivity index (χ2n) is 0.447. The fourth-order valence-electron chi connectivity index (χ4n) is 0. The summed E-state index contributed by atoms with van der Waals surface area (Å²) >= 11 is 0. The standard InChI is InChI=1S/Fe.3Li.H3O4P/c;;;;1-5(2,3)4/h;;;;(H3,1,2,3,4)/q;3*+1;/p-3. The Bertz CT molecular complexity index is 61.9. The molecule has 0 rings (SSSR count). The minimum atomic E-state index is -5.39. The largest absolute Gasteiger partial charge is 1.00 e. The molecule has 0 aliphatic rings. The molecule has 0 bridgehead atoms. The minimum Gasteiger partial charge on any atom is -0.822 e. The predicted molar refractivity (Wildman–Crippen MR) is 7.61 cm³/mol. The van der Waals surface area contributed by atoms with Gasteiger partial charge in [0.05, 0.1) is 0 Å². The molecule has 0 saturated carbocycles. The molecule has 0 heterocycles. The molecule has 0 saturated heterocycles. The molecule has 0 aromatic heterocycles. The van der Waals surface area contributed by atoms with Crippen molar-refractivity contribution in [2.75, 3.05) is 0 Å². The van der Waals surface area contributed by atoms with Crippen LogP contribution in [0.4, 0.5) is 0 Å². The summed E-state index contributed by atoms with van der Waals surface area (Å²) in [4.78, 5) is 25.6. The smallest absolute Gasteiger partial charge is 0.822 e. The minimum absolute atomic E-state index is 0. The van der Waals surface area contributed by atoms with Crippen LogP contribution in [0.2, 0.25) is 0 Å². The van der Waals surface area contributed by atoms with Gasteiger partial charge in [0.25, 0.3) is 0 Å². The van der Waals surface area contributed by atoms with Gasteiger partial charge in [-0.25, -0.2) is 0 Å². The Balaban J connectivity index is -0.0000000133. The van der Waals surface area contributed by atoms with E-state index in [1.807, 2.05) is 0 Å². The van der Waals surface area contributed by atoms with E-state index in [0.717, 1.165) is 0 Å². The third kappa shape index (κ3) is 126. The Labute approximate surface area is 99.8 Å². The SMILES string of the molecule is O=P([O-])([O-])[O-].[Fe].[Li+].[Li+].[Li+]. The fraction of sp³-hybridized carbons (Fsp3) is 0. The summed E-state index contributed by atoms with van der Waals surface area (Å²) in [5.41, 5.74) is 0. The second-order valence-corrected chi connectivity index (χ2v) is 1.34. The van der Waals surface area contributed by atoms with Crippen molar-refractivity contribution in [3.8, 4) is 0 Å². The van der Waals surface area contributed by atoms with E-state index in [-0.39, 0.29) is 73.7 Å². The van der Waals surface area contributed by atoms with Crippen LogP contribution >= 0.6 is 7.82 Å². The first-order chi connectivity index (χ1) is 2.00. The van der Waals surface area contributed by atoms with E-state index in [9.17, 15) is 0 Å². The molecule has 0 amide bonds. The van der Waals surface area contributed by atoms with E-state index in [0.29, 0.717) is 0 Å². The van der Waals surface area contributed by atoms with E-state index in [1.54, 1.807) is 0 Å². The molecule has 0 atom stereocenters. The Morgan fingerprint density at radius 1 is 0.889 bits per heavy atom. The molecule has 0 radical (unpaired) electrons. The Hall–Kier alpha value is 2.42. The maximum atomic E-state index is 8.55. The van der Waals surface area contributed by atoms with Crippen molar-refractivity contribution in [3.05, 3.63) is 0 Å². The molecule has 0 aliphatic carbocycles. The Morgan fingerprint density at radius 2 is 0.889 bits per heavy atom. The van der Waals surface area contributed by atoms with Crippen LogP contribution in [0.15, 0.2) is 0 Å². The van der Waals surface area contributed by atoms with Gasteiger partial charge < -0.3 is 19.2 Å². The topological polar surface area (TPSA) is 86.2 Å². The summed E-state index contributed by atoms with van der Waals surface area (Å²) in [6.45, 7) is 0. The molecule has 4 nitrogen and oxygen atoms in total. The van der Waals surface area contributed by atoms with Crippen molar-refractivity contribution in [1.29, 1.82) is 0 Å². The average molecular weight is 172 g/mol. The second kappa shape index (κ2) is 13.0. The maximum absolute atomic E-state index is 8.55.